The highest BCUT2D eigenvalue weighted by atomic mass is 19.4. The number of hydrazine groups is 1. The standard InChI is InChI=1S/C17H18F3N5O2/c1-16(2,3)27-15(26)25-23-8-10(7-21)13-9-22-12-6-4-5-11(14(12)24-13)17(18,19)20/h4-9,21,23H,1-3H3,(H,25,26)/b10-8+,21-7?. The van der Waals surface area contributed by atoms with E-state index in [1.165, 1.54) is 24.5 Å². The van der Waals surface area contributed by atoms with E-state index in [4.69, 9.17) is 10.1 Å². The number of para-hydroxylation sites is 1. The number of rotatable bonds is 4. The summed E-state index contributed by atoms with van der Waals surface area (Å²) in [5, 5.41) is 7.44. The second kappa shape index (κ2) is 7.60. The Kier molecular flexibility index (Phi) is 5.67. The van der Waals surface area contributed by atoms with Crippen LogP contribution < -0.4 is 10.9 Å². The number of fused-ring (bicyclic) bond motifs is 1. The number of nitrogens with zero attached hydrogens (tertiary/aromatic N) is 2. The highest BCUT2D eigenvalue weighted by Crippen LogP contribution is 2.33. The molecule has 1 aromatic carbocycles. The molecule has 0 bridgehead atoms. The topological polar surface area (TPSA) is 100.0 Å². The maximum Gasteiger partial charge on any atom is 0.426 e. The molecule has 0 radical (unpaired) electrons. The lowest BCUT2D eigenvalue weighted by atomic mass is 10.1. The van der Waals surface area contributed by atoms with Crippen LogP contribution in [0.2, 0.25) is 0 Å². The zero-order valence-electron chi connectivity index (χ0n) is 14.8. The number of aromatic nitrogens is 2. The van der Waals surface area contributed by atoms with Crippen molar-refractivity contribution >= 4 is 28.9 Å². The summed E-state index contributed by atoms with van der Waals surface area (Å²) in [6.45, 7) is 5.07. The molecule has 27 heavy (non-hydrogen) atoms. The number of amides is 1. The first kappa shape index (κ1) is 20.1. The summed E-state index contributed by atoms with van der Waals surface area (Å²) in [7, 11) is 0. The van der Waals surface area contributed by atoms with E-state index in [1.807, 2.05) is 0 Å². The number of carbonyl (C=O) groups excluding carboxylic acids is 1. The number of carbonyl (C=O) groups is 1. The van der Waals surface area contributed by atoms with E-state index < -0.39 is 23.4 Å². The van der Waals surface area contributed by atoms with Crippen molar-refractivity contribution in [3.05, 3.63) is 41.9 Å². The predicted molar refractivity (Wildman–Crippen MR) is 93.8 cm³/mol. The van der Waals surface area contributed by atoms with Gasteiger partial charge in [-0.3, -0.25) is 4.98 Å². The molecule has 2 aromatic rings. The monoisotopic (exact) mass is 381 g/mol. The summed E-state index contributed by atoms with van der Waals surface area (Å²) >= 11 is 0. The fraction of sp³-hybridized carbons (Fsp3) is 0.294. The van der Waals surface area contributed by atoms with Crippen molar-refractivity contribution in [3.8, 4) is 0 Å². The molecule has 1 heterocycles. The molecule has 1 amide bonds. The first-order chi connectivity index (χ1) is 12.5. The van der Waals surface area contributed by atoms with Gasteiger partial charge < -0.3 is 15.6 Å². The Morgan fingerprint density at radius 1 is 1.26 bits per heavy atom. The van der Waals surface area contributed by atoms with E-state index in [2.05, 4.69) is 20.8 Å². The van der Waals surface area contributed by atoms with Crippen LogP contribution in [-0.2, 0) is 10.9 Å². The first-order valence-corrected chi connectivity index (χ1v) is 7.80. The first-order valence-electron chi connectivity index (χ1n) is 7.80. The summed E-state index contributed by atoms with van der Waals surface area (Å²) < 4.78 is 44.5. The van der Waals surface area contributed by atoms with E-state index in [0.29, 0.717) is 0 Å². The maximum absolute atomic E-state index is 13.2. The van der Waals surface area contributed by atoms with E-state index in [0.717, 1.165) is 12.3 Å². The van der Waals surface area contributed by atoms with Gasteiger partial charge in [-0.15, -0.1) is 0 Å². The minimum atomic E-state index is -4.59. The Hall–Kier alpha value is -3.17. The van der Waals surface area contributed by atoms with Crippen LogP contribution in [0.4, 0.5) is 18.0 Å². The molecule has 3 N–H and O–H groups in total. The van der Waals surface area contributed by atoms with Crippen LogP contribution in [0.3, 0.4) is 0 Å². The molecule has 7 nitrogen and oxygen atoms in total. The largest absolute Gasteiger partial charge is 0.443 e. The number of ether oxygens (including phenoxy) is 1. The average molecular weight is 381 g/mol. The molecule has 2 rings (SSSR count). The van der Waals surface area contributed by atoms with Crippen LogP contribution in [0.5, 0.6) is 0 Å². The molecule has 0 saturated carbocycles. The van der Waals surface area contributed by atoms with Gasteiger partial charge in [0.2, 0.25) is 0 Å². The fourth-order valence-corrected chi connectivity index (χ4v) is 2.07. The van der Waals surface area contributed by atoms with Gasteiger partial charge in [0.15, 0.2) is 0 Å². The molecular weight excluding hydrogens is 363 g/mol. The van der Waals surface area contributed by atoms with Gasteiger partial charge in [-0.05, 0) is 32.9 Å². The van der Waals surface area contributed by atoms with Crippen LogP contribution in [0.25, 0.3) is 16.6 Å². The maximum atomic E-state index is 13.2. The number of halogens is 3. The molecule has 1 aromatic heterocycles. The van der Waals surface area contributed by atoms with Gasteiger partial charge in [-0.25, -0.2) is 15.2 Å². The van der Waals surface area contributed by atoms with E-state index in [1.54, 1.807) is 20.8 Å². The zero-order chi connectivity index (χ0) is 20.2. The van der Waals surface area contributed by atoms with Crippen LogP contribution >= 0.6 is 0 Å². The van der Waals surface area contributed by atoms with Gasteiger partial charge >= 0.3 is 12.3 Å². The van der Waals surface area contributed by atoms with Crippen molar-refractivity contribution in [2.75, 3.05) is 0 Å². The highest BCUT2D eigenvalue weighted by molar-refractivity contribution is 6.07. The normalized spacial score (nSPS) is 12.6. The molecule has 0 fully saturated rings. The fourth-order valence-electron chi connectivity index (χ4n) is 2.07. The van der Waals surface area contributed by atoms with Gasteiger partial charge in [0, 0.05) is 18.0 Å². The molecule has 0 spiro atoms. The molecule has 0 aliphatic rings. The lowest BCUT2D eigenvalue weighted by Crippen LogP contribution is -2.38. The molecule has 0 aliphatic heterocycles. The van der Waals surface area contributed by atoms with Crippen molar-refractivity contribution in [3.63, 3.8) is 0 Å². The number of hydrogen-bond acceptors (Lipinski definition) is 6. The smallest absolute Gasteiger partial charge is 0.426 e. The third-order valence-electron chi connectivity index (χ3n) is 3.13. The molecular formula is C17H18F3N5O2. The molecule has 0 aliphatic carbocycles. The second-order valence-corrected chi connectivity index (χ2v) is 6.44. The van der Waals surface area contributed by atoms with Gasteiger partial charge in [-0.2, -0.15) is 13.2 Å². The number of alkyl halides is 3. The molecule has 144 valence electrons. The third-order valence-corrected chi connectivity index (χ3v) is 3.13. The van der Waals surface area contributed by atoms with Crippen LogP contribution in [0.1, 0.15) is 32.0 Å². The Labute approximate surface area is 153 Å². The van der Waals surface area contributed by atoms with E-state index in [-0.39, 0.29) is 22.3 Å². The Bertz CT molecular complexity index is 888. The van der Waals surface area contributed by atoms with Crippen LogP contribution in [0, 0.1) is 5.41 Å². The minimum absolute atomic E-state index is 0.0349. The van der Waals surface area contributed by atoms with Crippen molar-refractivity contribution in [1.82, 2.24) is 20.8 Å². The molecule has 0 atom stereocenters. The average Bonchev–Trinajstić information content (AvgIpc) is 2.55. The molecule has 0 saturated heterocycles. The summed E-state index contributed by atoms with van der Waals surface area (Å²) in [5.41, 5.74) is 2.94. The van der Waals surface area contributed by atoms with Crippen molar-refractivity contribution in [2.45, 2.75) is 32.5 Å². The Balaban J connectivity index is 2.28. The SMILES string of the molecule is CC(C)(C)OC(=O)NN/C=C(\C=N)c1cnc2cccc(C(F)(F)F)c2n1. The summed E-state index contributed by atoms with van der Waals surface area (Å²) in [6, 6.07) is 3.58. The lowest BCUT2D eigenvalue weighted by Gasteiger charge is -2.19. The van der Waals surface area contributed by atoms with Gasteiger partial charge in [0.1, 0.15) is 11.1 Å². The minimum Gasteiger partial charge on any atom is -0.443 e. The predicted octanol–water partition coefficient (Wildman–Crippen LogP) is 3.67. The van der Waals surface area contributed by atoms with Crippen molar-refractivity contribution in [1.29, 1.82) is 5.41 Å². The number of allylic oxidation sites excluding steroid dienone is 1. The summed E-state index contributed by atoms with van der Waals surface area (Å²) in [4.78, 5) is 19.5. The summed E-state index contributed by atoms with van der Waals surface area (Å²) in [5.74, 6) is 0. The number of nitrogens with one attached hydrogen (secondary N) is 3. The quantitative estimate of drug-likeness (QED) is 0.554. The van der Waals surface area contributed by atoms with Crippen LogP contribution in [-0.4, -0.2) is 27.9 Å². The van der Waals surface area contributed by atoms with Gasteiger partial charge in [-0.1, -0.05) is 6.07 Å². The van der Waals surface area contributed by atoms with E-state index in [9.17, 15) is 18.0 Å². The van der Waals surface area contributed by atoms with Gasteiger partial charge in [0.05, 0.1) is 23.0 Å². The van der Waals surface area contributed by atoms with E-state index >= 15 is 0 Å². The highest BCUT2D eigenvalue weighted by Gasteiger charge is 2.33. The zero-order valence-corrected chi connectivity index (χ0v) is 14.8. The number of hydrogen-bond donors (Lipinski definition) is 3. The third kappa shape index (κ3) is 5.40. The summed E-state index contributed by atoms with van der Waals surface area (Å²) in [6.07, 6.45) is -2.03. The number of benzene rings is 1. The Morgan fingerprint density at radius 3 is 2.56 bits per heavy atom. The Morgan fingerprint density at radius 2 is 1.96 bits per heavy atom. The van der Waals surface area contributed by atoms with Crippen molar-refractivity contribution in [2.24, 2.45) is 0 Å². The van der Waals surface area contributed by atoms with Crippen LogP contribution in [0.15, 0.2) is 30.6 Å². The molecule has 0 unspecified atom stereocenters. The van der Waals surface area contributed by atoms with Gasteiger partial charge in [0.25, 0.3) is 0 Å². The second-order valence-electron chi connectivity index (χ2n) is 6.44. The lowest BCUT2D eigenvalue weighted by molar-refractivity contribution is -0.136. The molecule has 10 heteroatoms. The van der Waals surface area contributed by atoms with Crippen molar-refractivity contribution < 1.29 is 22.7 Å².